The molecule has 0 aliphatic heterocycles. The van der Waals surface area contributed by atoms with Gasteiger partial charge in [-0.3, -0.25) is 4.98 Å². The molecule has 0 fully saturated rings. The van der Waals surface area contributed by atoms with E-state index in [9.17, 15) is 0 Å². The topological polar surface area (TPSA) is 26.0 Å². The summed E-state index contributed by atoms with van der Waals surface area (Å²) in [5, 5.41) is 3.55. The Morgan fingerprint density at radius 3 is 2.19 bits per heavy atom. The van der Waals surface area contributed by atoms with Crippen molar-refractivity contribution in [3.05, 3.63) is 87.9 Å². The molecule has 180 valence electrons. The molecule has 3 heteroatoms. The summed E-state index contributed by atoms with van der Waals surface area (Å²) < 4.78 is 7.98. The SMILES string of the molecule is Cc1cccc(C)c1-c1cc(-c2cccc3c2oc2c3ccc3sc(C)c(C)c32)ncc1C(C)(C)C. The van der Waals surface area contributed by atoms with Gasteiger partial charge >= 0.3 is 0 Å². The van der Waals surface area contributed by atoms with Crippen LogP contribution in [0.25, 0.3) is 54.4 Å². The van der Waals surface area contributed by atoms with E-state index in [0.29, 0.717) is 0 Å². The van der Waals surface area contributed by atoms with Gasteiger partial charge in [-0.05, 0) is 90.8 Å². The molecular formula is C33H31NOS. The number of benzene rings is 3. The van der Waals surface area contributed by atoms with E-state index in [2.05, 4.69) is 109 Å². The lowest BCUT2D eigenvalue weighted by Crippen LogP contribution is -2.14. The first-order valence-corrected chi connectivity index (χ1v) is 13.4. The minimum Gasteiger partial charge on any atom is -0.455 e. The van der Waals surface area contributed by atoms with Gasteiger partial charge in [-0.25, -0.2) is 0 Å². The molecule has 0 radical (unpaired) electrons. The van der Waals surface area contributed by atoms with Crippen molar-refractivity contribution in [1.29, 1.82) is 0 Å². The van der Waals surface area contributed by atoms with Crippen LogP contribution < -0.4 is 0 Å². The van der Waals surface area contributed by atoms with Crippen LogP contribution >= 0.6 is 11.3 Å². The smallest absolute Gasteiger partial charge is 0.144 e. The Hall–Kier alpha value is -3.43. The molecule has 6 rings (SSSR count). The maximum absolute atomic E-state index is 6.70. The van der Waals surface area contributed by atoms with Gasteiger partial charge in [-0.15, -0.1) is 11.3 Å². The van der Waals surface area contributed by atoms with E-state index in [1.807, 2.05) is 11.3 Å². The summed E-state index contributed by atoms with van der Waals surface area (Å²) in [5.41, 5.74) is 11.5. The van der Waals surface area contributed by atoms with Crippen molar-refractivity contribution in [3.63, 3.8) is 0 Å². The van der Waals surface area contributed by atoms with E-state index in [1.54, 1.807) is 0 Å². The Morgan fingerprint density at radius 2 is 1.47 bits per heavy atom. The summed E-state index contributed by atoms with van der Waals surface area (Å²) in [7, 11) is 0. The molecule has 0 unspecified atom stereocenters. The minimum absolute atomic E-state index is 0.0269. The summed E-state index contributed by atoms with van der Waals surface area (Å²) in [4.78, 5) is 6.35. The lowest BCUT2D eigenvalue weighted by molar-refractivity contribution is 0.589. The first kappa shape index (κ1) is 23.0. The van der Waals surface area contributed by atoms with Crippen LogP contribution in [0, 0.1) is 27.7 Å². The van der Waals surface area contributed by atoms with Crippen LogP contribution in [0.15, 0.2) is 65.2 Å². The molecule has 0 saturated heterocycles. The van der Waals surface area contributed by atoms with Crippen molar-refractivity contribution >= 4 is 43.4 Å². The van der Waals surface area contributed by atoms with Crippen molar-refractivity contribution in [2.75, 3.05) is 0 Å². The summed E-state index contributed by atoms with van der Waals surface area (Å²) in [6.45, 7) is 15.6. The average Bonchev–Trinajstić information content (AvgIpc) is 3.35. The van der Waals surface area contributed by atoms with Crippen molar-refractivity contribution in [3.8, 4) is 22.4 Å². The summed E-state index contributed by atoms with van der Waals surface area (Å²) in [6.07, 6.45) is 2.07. The highest BCUT2D eigenvalue weighted by Gasteiger charge is 2.23. The second-order valence-electron chi connectivity index (χ2n) is 11.0. The largest absolute Gasteiger partial charge is 0.455 e. The number of aryl methyl sites for hydroxylation is 4. The van der Waals surface area contributed by atoms with Crippen LogP contribution in [-0.2, 0) is 5.41 Å². The normalized spacial score (nSPS) is 12.3. The van der Waals surface area contributed by atoms with Gasteiger partial charge < -0.3 is 4.42 Å². The molecule has 36 heavy (non-hydrogen) atoms. The fourth-order valence-electron chi connectivity index (χ4n) is 5.55. The maximum Gasteiger partial charge on any atom is 0.144 e. The average molecular weight is 490 g/mol. The standard InChI is InChI=1S/C33H31NOS/c1-18-10-8-11-19(2)29(18)25-16-27(34-17-26(25)33(5,6)7)24-13-9-12-22-23-14-15-28-30(20(3)21(4)36-28)32(23)35-31(22)24/h8-17H,1-7H3. The molecule has 0 aliphatic rings. The molecule has 6 aromatic rings. The second-order valence-corrected chi connectivity index (χ2v) is 12.3. The van der Waals surface area contributed by atoms with Gasteiger partial charge in [0.2, 0.25) is 0 Å². The predicted octanol–water partition coefficient (Wildman–Crippen LogP) is 10.1. The molecule has 3 aromatic carbocycles. The van der Waals surface area contributed by atoms with Crippen molar-refractivity contribution in [2.45, 2.75) is 53.9 Å². The third-order valence-corrected chi connectivity index (χ3v) is 8.71. The van der Waals surface area contributed by atoms with E-state index in [0.717, 1.165) is 27.8 Å². The Labute approximate surface area is 216 Å². The zero-order valence-electron chi connectivity index (χ0n) is 22.0. The van der Waals surface area contributed by atoms with Crippen molar-refractivity contribution < 1.29 is 4.42 Å². The number of thiophene rings is 1. The lowest BCUT2D eigenvalue weighted by Gasteiger charge is -2.25. The molecule has 0 N–H and O–H groups in total. The molecule has 0 aliphatic carbocycles. The van der Waals surface area contributed by atoms with Gasteiger partial charge in [0.05, 0.1) is 5.69 Å². The highest BCUT2D eigenvalue weighted by atomic mass is 32.1. The number of pyridine rings is 1. The van der Waals surface area contributed by atoms with Gasteiger partial charge in [0.15, 0.2) is 0 Å². The van der Waals surface area contributed by atoms with Gasteiger partial charge in [0, 0.05) is 37.5 Å². The number of furan rings is 1. The van der Waals surface area contributed by atoms with Crippen molar-refractivity contribution in [2.24, 2.45) is 0 Å². The molecule has 3 aromatic heterocycles. The maximum atomic E-state index is 6.70. The van der Waals surface area contributed by atoms with E-state index in [-0.39, 0.29) is 5.41 Å². The van der Waals surface area contributed by atoms with Crippen molar-refractivity contribution in [1.82, 2.24) is 4.98 Å². The van der Waals surface area contributed by atoms with Crippen LogP contribution in [0.1, 0.15) is 47.9 Å². The van der Waals surface area contributed by atoms with E-state index in [1.165, 1.54) is 53.7 Å². The molecule has 0 bridgehead atoms. The van der Waals surface area contributed by atoms with E-state index < -0.39 is 0 Å². The fraction of sp³-hybridized carbons (Fsp3) is 0.242. The number of aromatic nitrogens is 1. The molecule has 0 spiro atoms. The van der Waals surface area contributed by atoms with Crippen LogP contribution in [0.2, 0.25) is 0 Å². The van der Waals surface area contributed by atoms with E-state index >= 15 is 0 Å². The van der Waals surface area contributed by atoms with Crippen LogP contribution in [0.4, 0.5) is 0 Å². The van der Waals surface area contributed by atoms with E-state index in [4.69, 9.17) is 9.40 Å². The number of nitrogens with zero attached hydrogens (tertiary/aromatic N) is 1. The van der Waals surface area contributed by atoms with Crippen LogP contribution in [0.3, 0.4) is 0 Å². The molecule has 0 amide bonds. The minimum atomic E-state index is -0.0269. The monoisotopic (exact) mass is 489 g/mol. The Morgan fingerprint density at radius 1 is 0.778 bits per heavy atom. The quantitative estimate of drug-likeness (QED) is 0.242. The zero-order valence-corrected chi connectivity index (χ0v) is 22.9. The van der Waals surface area contributed by atoms with Gasteiger partial charge in [-0.2, -0.15) is 0 Å². The van der Waals surface area contributed by atoms with Gasteiger partial charge in [0.1, 0.15) is 11.2 Å². The Balaban J connectivity index is 1.66. The molecule has 2 nitrogen and oxygen atoms in total. The first-order valence-electron chi connectivity index (χ1n) is 12.6. The first-order chi connectivity index (χ1) is 17.1. The fourth-order valence-corrected chi connectivity index (χ4v) is 6.62. The highest BCUT2D eigenvalue weighted by Crippen LogP contribution is 2.43. The number of hydrogen-bond acceptors (Lipinski definition) is 3. The molecule has 3 heterocycles. The summed E-state index contributed by atoms with van der Waals surface area (Å²) >= 11 is 1.84. The van der Waals surface area contributed by atoms with Gasteiger partial charge in [0.25, 0.3) is 0 Å². The van der Waals surface area contributed by atoms with Crippen LogP contribution in [-0.4, -0.2) is 4.98 Å². The van der Waals surface area contributed by atoms with Gasteiger partial charge in [-0.1, -0.05) is 51.1 Å². The number of fused-ring (bicyclic) bond motifs is 5. The third-order valence-electron chi connectivity index (χ3n) is 7.53. The zero-order chi connectivity index (χ0) is 25.4. The molecular weight excluding hydrogens is 458 g/mol. The van der Waals surface area contributed by atoms with Crippen LogP contribution in [0.5, 0.6) is 0 Å². The number of para-hydroxylation sites is 1. The number of rotatable bonds is 2. The Kier molecular flexibility index (Phi) is 5.14. The third kappa shape index (κ3) is 3.41. The summed E-state index contributed by atoms with van der Waals surface area (Å²) in [6, 6.07) is 19.7. The molecule has 0 atom stereocenters. The summed E-state index contributed by atoms with van der Waals surface area (Å²) in [5.74, 6) is 0. The predicted molar refractivity (Wildman–Crippen MR) is 155 cm³/mol. The Bertz CT molecular complexity index is 1790. The highest BCUT2D eigenvalue weighted by molar-refractivity contribution is 7.19. The second kappa shape index (κ2) is 8.04. The molecule has 0 saturated carbocycles. The lowest BCUT2D eigenvalue weighted by atomic mass is 9.80. The number of hydrogen-bond donors (Lipinski definition) is 0.